The van der Waals surface area contributed by atoms with Crippen LogP contribution in [0.2, 0.25) is 0 Å². The third-order valence-corrected chi connectivity index (χ3v) is 6.10. The summed E-state index contributed by atoms with van der Waals surface area (Å²) in [6, 6.07) is 16.8. The molecule has 1 aromatic heterocycles. The number of rotatable bonds is 6. The van der Waals surface area contributed by atoms with Crippen molar-refractivity contribution in [3.8, 4) is 5.75 Å². The summed E-state index contributed by atoms with van der Waals surface area (Å²) in [5.41, 5.74) is 5.70. The lowest BCUT2D eigenvalue weighted by Gasteiger charge is -2.19. The third-order valence-electron chi connectivity index (χ3n) is 5.61. The van der Waals surface area contributed by atoms with Gasteiger partial charge in [0.2, 0.25) is 11.7 Å². The Labute approximate surface area is 201 Å². The Balaban J connectivity index is 1.37. The van der Waals surface area contributed by atoms with Crippen molar-refractivity contribution < 1.29 is 18.7 Å². The van der Waals surface area contributed by atoms with Crippen LogP contribution in [0.25, 0.3) is 0 Å². The molecule has 6 nitrogen and oxygen atoms in total. The maximum absolute atomic E-state index is 12.6. The number of carbonyl (C=O) groups is 2. The Kier molecular flexibility index (Phi) is 6.51. The molecule has 0 spiro atoms. The second kappa shape index (κ2) is 9.35. The van der Waals surface area contributed by atoms with E-state index in [0.29, 0.717) is 11.3 Å². The van der Waals surface area contributed by atoms with Gasteiger partial charge in [-0.1, -0.05) is 61.0 Å². The van der Waals surface area contributed by atoms with Crippen LogP contribution in [0.1, 0.15) is 60.4 Å². The van der Waals surface area contributed by atoms with Crippen LogP contribution < -0.4 is 10.2 Å². The number of benzene rings is 2. The number of nitrogens with one attached hydrogen (secondary N) is 1. The largest absolute Gasteiger partial charge is 0.457 e. The summed E-state index contributed by atoms with van der Waals surface area (Å²) in [7, 11) is 0. The lowest BCUT2D eigenvalue weighted by atomic mass is 9.86. The van der Waals surface area contributed by atoms with Gasteiger partial charge in [-0.25, -0.2) is 10.2 Å². The number of ether oxygens (including phenoxy) is 1. The SMILES string of the molecule is CC(C)(C)c1ccc(C2CC2C(=O)NN=Cc2cc(Br)ccc2OC(=O)c2ccco2)cc1. The van der Waals surface area contributed by atoms with Gasteiger partial charge in [-0.3, -0.25) is 4.79 Å². The molecule has 0 saturated heterocycles. The first kappa shape index (κ1) is 23.0. The quantitative estimate of drug-likeness (QED) is 0.197. The number of esters is 1. The topological polar surface area (TPSA) is 80.9 Å². The molecular formula is C26H25BrN2O4. The van der Waals surface area contributed by atoms with E-state index >= 15 is 0 Å². The first-order valence-corrected chi connectivity index (χ1v) is 11.5. The van der Waals surface area contributed by atoms with Gasteiger partial charge in [-0.05, 0) is 59.2 Å². The molecule has 1 saturated carbocycles. The maximum atomic E-state index is 12.6. The zero-order valence-corrected chi connectivity index (χ0v) is 20.3. The molecule has 1 heterocycles. The highest BCUT2D eigenvalue weighted by Gasteiger charge is 2.44. The van der Waals surface area contributed by atoms with Crippen LogP contribution in [0.15, 0.2) is 74.9 Å². The average Bonchev–Trinajstić information content (AvgIpc) is 3.39. The van der Waals surface area contributed by atoms with E-state index in [1.165, 1.54) is 29.7 Å². The number of amides is 1. The zero-order valence-electron chi connectivity index (χ0n) is 18.7. The molecule has 2 aromatic carbocycles. The highest BCUT2D eigenvalue weighted by molar-refractivity contribution is 9.10. The van der Waals surface area contributed by atoms with Crippen LogP contribution in [-0.4, -0.2) is 18.1 Å². The van der Waals surface area contributed by atoms with Gasteiger partial charge in [0.25, 0.3) is 0 Å². The van der Waals surface area contributed by atoms with Gasteiger partial charge < -0.3 is 9.15 Å². The molecule has 7 heteroatoms. The summed E-state index contributed by atoms with van der Waals surface area (Å²) < 4.78 is 11.3. The molecule has 1 N–H and O–H groups in total. The molecule has 4 rings (SSSR count). The predicted molar refractivity (Wildman–Crippen MR) is 130 cm³/mol. The average molecular weight is 509 g/mol. The van der Waals surface area contributed by atoms with E-state index in [2.05, 4.69) is 71.5 Å². The smallest absolute Gasteiger partial charge is 0.379 e. The number of halogens is 1. The molecule has 0 radical (unpaired) electrons. The van der Waals surface area contributed by atoms with Gasteiger partial charge in [-0.2, -0.15) is 5.10 Å². The molecule has 1 aliphatic carbocycles. The zero-order chi connectivity index (χ0) is 23.6. The molecule has 1 fully saturated rings. The number of hydrazone groups is 1. The summed E-state index contributed by atoms with van der Waals surface area (Å²) >= 11 is 3.40. The lowest BCUT2D eigenvalue weighted by molar-refractivity contribution is -0.122. The van der Waals surface area contributed by atoms with Crippen molar-refractivity contribution in [1.29, 1.82) is 0 Å². The fourth-order valence-corrected chi connectivity index (χ4v) is 3.97. The summed E-state index contributed by atoms with van der Waals surface area (Å²) in [5.74, 6) is -0.212. The number of carbonyl (C=O) groups excluding carboxylic acids is 2. The first-order chi connectivity index (χ1) is 15.7. The molecule has 1 amide bonds. The van der Waals surface area contributed by atoms with Crippen LogP contribution in [0.3, 0.4) is 0 Å². The van der Waals surface area contributed by atoms with Crippen molar-refractivity contribution >= 4 is 34.0 Å². The van der Waals surface area contributed by atoms with Crippen molar-refractivity contribution in [3.63, 3.8) is 0 Å². The first-order valence-electron chi connectivity index (χ1n) is 10.7. The fourth-order valence-electron chi connectivity index (χ4n) is 3.59. The van der Waals surface area contributed by atoms with Crippen molar-refractivity contribution in [2.24, 2.45) is 11.0 Å². The highest BCUT2D eigenvalue weighted by atomic mass is 79.9. The van der Waals surface area contributed by atoms with E-state index in [1.54, 1.807) is 24.3 Å². The van der Waals surface area contributed by atoms with Crippen LogP contribution in [0.5, 0.6) is 5.75 Å². The monoisotopic (exact) mass is 508 g/mol. The summed E-state index contributed by atoms with van der Waals surface area (Å²) in [5, 5.41) is 4.09. The van der Waals surface area contributed by atoms with Crippen LogP contribution in [0.4, 0.5) is 0 Å². The van der Waals surface area contributed by atoms with Gasteiger partial charge >= 0.3 is 5.97 Å². The van der Waals surface area contributed by atoms with E-state index in [4.69, 9.17) is 9.15 Å². The number of hydrogen-bond acceptors (Lipinski definition) is 5. The van der Waals surface area contributed by atoms with Crippen LogP contribution in [-0.2, 0) is 10.2 Å². The second-order valence-electron chi connectivity index (χ2n) is 9.10. The van der Waals surface area contributed by atoms with Crippen molar-refractivity contribution in [3.05, 3.63) is 87.8 Å². The highest BCUT2D eigenvalue weighted by Crippen LogP contribution is 2.47. The van der Waals surface area contributed by atoms with Crippen molar-refractivity contribution in [2.75, 3.05) is 0 Å². The van der Waals surface area contributed by atoms with Gasteiger partial charge in [0, 0.05) is 16.0 Å². The predicted octanol–water partition coefficient (Wildman–Crippen LogP) is 5.81. The van der Waals surface area contributed by atoms with Gasteiger partial charge in [0.05, 0.1) is 12.5 Å². The molecule has 33 heavy (non-hydrogen) atoms. The fraction of sp³-hybridized carbons (Fsp3) is 0.269. The van der Waals surface area contributed by atoms with E-state index in [0.717, 1.165) is 10.9 Å². The minimum absolute atomic E-state index is 0.0959. The Bertz CT molecular complexity index is 1180. The Morgan fingerprint density at radius 2 is 1.91 bits per heavy atom. The van der Waals surface area contributed by atoms with E-state index in [1.807, 2.05) is 0 Å². The summed E-state index contributed by atoms with van der Waals surface area (Å²) in [4.78, 5) is 24.8. The Morgan fingerprint density at radius 1 is 1.15 bits per heavy atom. The number of furan rings is 1. The van der Waals surface area contributed by atoms with Crippen molar-refractivity contribution in [2.45, 2.75) is 38.5 Å². The number of hydrogen-bond donors (Lipinski definition) is 1. The lowest BCUT2D eigenvalue weighted by Crippen LogP contribution is -2.20. The molecule has 2 unspecified atom stereocenters. The minimum Gasteiger partial charge on any atom is -0.457 e. The van der Waals surface area contributed by atoms with Crippen LogP contribution in [0, 0.1) is 5.92 Å². The third kappa shape index (κ3) is 5.60. The molecule has 170 valence electrons. The standard InChI is InChI=1S/C26H25BrN2O4/c1-26(2,3)18-8-6-16(7-9-18)20-14-21(20)24(30)29-28-15-17-13-19(27)10-11-22(17)33-25(31)23-5-4-12-32-23/h4-13,15,20-21H,14H2,1-3H3,(H,29,30). The van der Waals surface area contributed by atoms with Gasteiger partial charge in [-0.15, -0.1) is 0 Å². The molecular weight excluding hydrogens is 484 g/mol. The molecule has 2 atom stereocenters. The van der Waals surface area contributed by atoms with Crippen molar-refractivity contribution in [1.82, 2.24) is 5.43 Å². The van der Waals surface area contributed by atoms with Gasteiger partial charge in [0.15, 0.2) is 0 Å². The van der Waals surface area contributed by atoms with Gasteiger partial charge in [0.1, 0.15) is 5.75 Å². The summed E-state index contributed by atoms with van der Waals surface area (Å²) in [6.07, 6.45) is 3.67. The normalized spacial score (nSPS) is 17.7. The minimum atomic E-state index is -0.612. The van der Waals surface area contributed by atoms with E-state index < -0.39 is 5.97 Å². The number of nitrogens with zero attached hydrogens (tertiary/aromatic N) is 1. The van der Waals surface area contributed by atoms with Crippen LogP contribution >= 0.6 is 15.9 Å². The molecule has 1 aliphatic rings. The molecule has 0 bridgehead atoms. The summed E-state index contributed by atoms with van der Waals surface area (Å²) in [6.45, 7) is 6.55. The van der Waals surface area contributed by atoms with E-state index in [-0.39, 0.29) is 28.9 Å². The maximum Gasteiger partial charge on any atom is 0.379 e. The Hall–Kier alpha value is -3.19. The Morgan fingerprint density at radius 3 is 2.58 bits per heavy atom. The molecule has 0 aliphatic heterocycles. The second-order valence-corrected chi connectivity index (χ2v) is 10.0. The molecule has 3 aromatic rings. The van der Waals surface area contributed by atoms with E-state index in [9.17, 15) is 9.59 Å².